The van der Waals surface area contributed by atoms with E-state index in [1.165, 1.54) is 6.20 Å². The summed E-state index contributed by atoms with van der Waals surface area (Å²) in [5, 5.41) is 18.8. The Bertz CT molecular complexity index is 1250. The van der Waals surface area contributed by atoms with Crippen molar-refractivity contribution in [3.05, 3.63) is 63.7 Å². The number of aromatic nitrogens is 2. The van der Waals surface area contributed by atoms with E-state index in [1.54, 1.807) is 33.7 Å². The molecule has 8 nitrogen and oxygen atoms in total. The summed E-state index contributed by atoms with van der Waals surface area (Å²) in [5.41, 5.74) is 6.43. The lowest BCUT2D eigenvalue weighted by molar-refractivity contribution is 0.0695. The predicted molar refractivity (Wildman–Crippen MR) is 112 cm³/mol. The number of rotatable bonds is 4. The summed E-state index contributed by atoms with van der Waals surface area (Å²) in [4.78, 5) is 30.3. The maximum Gasteiger partial charge on any atom is 0.341 e. The van der Waals surface area contributed by atoms with E-state index in [0.717, 1.165) is 24.5 Å². The number of phenolic OH excluding ortho intramolecular Hbond substituents is 1. The molecule has 2 fully saturated rings. The van der Waals surface area contributed by atoms with Crippen LogP contribution in [0.2, 0.25) is 0 Å². The van der Waals surface area contributed by atoms with E-state index in [2.05, 4.69) is 4.98 Å². The second-order valence-electron chi connectivity index (χ2n) is 8.25. The van der Waals surface area contributed by atoms with Gasteiger partial charge >= 0.3 is 5.97 Å². The third kappa shape index (κ3) is 3.31. The summed E-state index contributed by atoms with van der Waals surface area (Å²) in [6.07, 6.45) is 3.01. The lowest BCUT2D eigenvalue weighted by Gasteiger charge is -2.20. The third-order valence-electron chi connectivity index (χ3n) is 6.10. The van der Waals surface area contributed by atoms with Crippen molar-refractivity contribution in [2.75, 3.05) is 18.0 Å². The fourth-order valence-electron chi connectivity index (χ4n) is 4.32. The predicted octanol–water partition coefficient (Wildman–Crippen LogP) is 2.21. The van der Waals surface area contributed by atoms with Crippen LogP contribution in [0, 0.1) is 5.82 Å². The average Bonchev–Trinajstić information content (AvgIpc) is 3.50. The van der Waals surface area contributed by atoms with Gasteiger partial charge in [0.1, 0.15) is 17.0 Å². The zero-order valence-electron chi connectivity index (χ0n) is 16.5. The zero-order valence-corrected chi connectivity index (χ0v) is 16.5. The summed E-state index contributed by atoms with van der Waals surface area (Å²) in [6, 6.07) is 7.66. The van der Waals surface area contributed by atoms with Gasteiger partial charge in [0.15, 0.2) is 11.6 Å². The molecule has 0 unspecified atom stereocenters. The van der Waals surface area contributed by atoms with Gasteiger partial charge < -0.3 is 25.4 Å². The van der Waals surface area contributed by atoms with Crippen molar-refractivity contribution in [2.45, 2.75) is 30.8 Å². The molecule has 4 N–H and O–H groups in total. The van der Waals surface area contributed by atoms with Gasteiger partial charge in [-0.25, -0.2) is 14.2 Å². The van der Waals surface area contributed by atoms with Gasteiger partial charge in [0.2, 0.25) is 5.43 Å². The van der Waals surface area contributed by atoms with Gasteiger partial charge in [-0.15, -0.1) is 0 Å². The summed E-state index contributed by atoms with van der Waals surface area (Å²) >= 11 is 0. The van der Waals surface area contributed by atoms with Gasteiger partial charge in [-0.3, -0.25) is 4.79 Å². The number of anilines is 1. The van der Waals surface area contributed by atoms with Crippen LogP contribution in [0.3, 0.4) is 0 Å². The first-order chi connectivity index (χ1) is 14.8. The summed E-state index contributed by atoms with van der Waals surface area (Å²) in [5.74, 6) is -1.84. The summed E-state index contributed by atoms with van der Waals surface area (Å²) in [7, 11) is 0. The molecule has 0 amide bonds. The minimum Gasteiger partial charge on any atom is -0.508 e. The van der Waals surface area contributed by atoms with E-state index < -0.39 is 17.2 Å². The SMILES string of the molecule is N[C@H]1CN(c2nc3c(cc2F)c(=O)c(C(=O)O)cn3C2CC2)C[C@@H]1c1ccc(O)cc1. The third-order valence-corrected chi connectivity index (χ3v) is 6.10. The molecule has 0 bridgehead atoms. The van der Waals surface area contributed by atoms with Gasteiger partial charge in [0.05, 0.1) is 5.39 Å². The smallest absolute Gasteiger partial charge is 0.341 e. The van der Waals surface area contributed by atoms with E-state index in [0.29, 0.717) is 13.1 Å². The largest absolute Gasteiger partial charge is 0.508 e. The van der Waals surface area contributed by atoms with E-state index in [4.69, 9.17) is 5.73 Å². The second kappa shape index (κ2) is 7.05. The van der Waals surface area contributed by atoms with Gasteiger partial charge in [-0.05, 0) is 36.6 Å². The van der Waals surface area contributed by atoms with Crippen LogP contribution in [0.15, 0.2) is 41.3 Å². The molecule has 3 heterocycles. The first-order valence-electron chi connectivity index (χ1n) is 10.1. The Morgan fingerprint density at radius 1 is 1.19 bits per heavy atom. The quantitative estimate of drug-likeness (QED) is 0.587. The average molecular weight is 424 g/mol. The monoisotopic (exact) mass is 424 g/mol. The highest BCUT2D eigenvalue weighted by Crippen LogP contribution is 2.38. The molecule has 5 rings (SSSR count). The Morgan fingerprint density at radius 3 is 2.55 bits per heavy atom. The molecule has 0 spiro atoms. The van der Waals surface area contributed by atoms with Gasteiger partial charge in [-0.2, -0.15) is 0 Å². The molecule has 1 aliphatic heterocycles. The number of carboxylic acids is 1. The van der Waals surface area contributed by atoms with E-state index in [9.17, 15) is 19.8 Å². The van der Waals surface area contributed by atoms with Crippen LogP contribution in [-0.4, -0.2) is 44.9 Å². The minimum absolute atomic E-state index is 0.0355. The van der Waals surface area contributed by atoms with Crippen molar-refractivity contribution in [1.82, 2.24) is 9.55 Å². The number of carboxylic acid groups (broad SMARTS) is 1. The van der Waals surface area contributed by atoms with E-state index in [1.807, 2.05) is 0 Å². The van der Waals surface area contributed by atoms with E-state index in [-0.39, 0.29) is 46.2 Å². The lowest BCUT2D eigenvalue weighted by atomic mass is 9.95. The first kappa shape index (κ1) is 19.5. The Kier molecular flexibility index (Phi) is 4.44. The number of nitrogens with zero attached hydrogens (tertiary/aromatic N) is 3. The fourth-order valence-corrected chi connectivity index (χ4v) is 4.32. The maximum atomic E-state index is 15.1. The number of fused-ring (bicyclic) bond motifs is 1. The number of benzene rings is 1. The second-order valence-corrected chi connectivity index (χ2v) is 8.25. The molecular formula is C22H21FN4O4. The Hall–Kier alpha value is -3.46. The van der Waals surface area contributed by atoms with Gasteiger partial charge in [-0.1, -0.05) is 12.1 Å². The van der Waals surface area contributed by atoms with Crippen molar-refractivity contribution in [2.24, 2.45) is 5.73 Å². The highest BCUT2D eigenvalue weighted by atomic mass is 19.1. The number of nitrogens with two attached hydrogens (primary N) is 1. The molecule has 0 radical (unpaired) electrons. The summed E-state index contributed by atoms with van der Waals surface area (Å²) < 4.78 is 16.7. The molecule has 1 aliphatic carbocycles. The molecule has 31 heavy (non-hydrogen) atoms. The van der Waals surface area contributed by atoms with Crippen molar-refractivity contribution in [3.8, 4) is 5.75 Å². The number of carbonyl (C=O) groups is 1. The molecule has 2 aromatic heterocycles. The van der Waals surface area contributed by atoms with Crippen LogP contribution < -0.4 is 16.1 Å². The molecule has 1 saturated carbocycles. The Labute approximate surface area is 176 Å². The fraction of sp³-hybridized carbons (Fsp3) is 0.318. The number of phenols is 1. The Balaban J connectivity index is 1.58. The molecule has 1 saturated heterocycles. The normalized spacial score (nSPS) is 21.0. The molecular weight excluding hydrogens is 403 g/mol. The molecule has 1 aromatic carbocycles. The number of pyridine rings is 2. The molecule has 160 valence electrons. The van der Waals surface area contributed by atoms with Gasteiger partial charge in [0, 0.05) is 37.3 Å². The van der Waals surface area contributed by atoms with Crippen LogP contribution in [0.5, 0.6) is 5.75 Å². The van der Waals surface area contributed by atoms with Crippen LogP contribution in [-0.2, 0) is 0 Å². The topological polar surface area (TPSA) is 122 Å². The molecule has 2 atom stereocenters. The van der Waals surface area contributed by atoms with Crippen molar-refractivity contribution < 1.29 is 19.4 Å². The van der Waals surface area contributed by atoms with Crippen LogP contribution >= 0.6 is 0 Å². The molecule has 9 heteroatoms. The lowest BCUT2D eigenvalue weighted by Crippen LogP contribution is -2.29. The number of halogens is 1. The number of hydrogen-bond donors (Lipinski definition) is 3. The number of hydrogen-bond acceptors (Lipinski definition) is 6. The van der Waals surface area contributed by atoms with Crippen molar-refractivity contribution in [1.29, 1.82) is 0 Å². The van der Waals surface area contributed by atoms with Crippen LogP contribution in [0.4, 0.5) is 10.2 Å². The maximum absolute atomic E-state index is 15.1. The zero-order chi connectivity index (χ0) is 21.9. The Morgan fingerprint density at radius 2 is 1.90 bits per heavy atom. The van der Waals surface area contributed by atoms with Crippen molar-refractivity contribution in [3.63, 3.8) is 0 Å². The highest BCUT2D eigenvalue weighted by Gasteiger charge is 2.34. The van der Waals surface area contributed by atoms with Gasteiger partial charge in [0.25, 0.3) is 0 Å². The molecule has 2 aliphatic rings. The van der Waals surface area contributed by atoms with E-state index >= 15 is 4.39 Å². The summed E-state index contributed by atoms with van der Waals surface area (Å²) in [6.45, 7) is 0.810. The molecule has 3 aromatic rings. The minimum atomic E-state index is -1.34. The van der Waals surface area contributed by atoms with Crippen LogP contribution in [0.25, 0.3) is 11.0 Å². The highest BCUT2D eigenvalue weighted by molar-refractivity contribution is 5.92. The standard InChI is InChI=1S/C22H21FN4O4/c23-17-7-14-19(29)16(22(30)31)9-27(12-3-4-12)20(14)25-21(17)26-8-15(18(24)10-26)11-1-5-13(28)6-2-11/h1-2,5-7,9,12,15,18,28H,3-4,8,10,24H2,(H,30,31)/t15-,18+/m1/s1. The van der Waals surface area contributed by atoms with Crippen LogP contribution in [0.1, 0.15) is 40.7 Å². The number of aromatic hydroxyl groups is 1. The number of aromatic carboxylic acids is 1. The van der Waals surface area contributed by atoms with Crippen molar-refractivity contribution >= 4 is 22.8 Å². The first-order valence-corrected chi connectivity index (χ1v) is 10.1.